The van der Waals surface area contributed by atoms with Gasteiger partial charge in [0.25, 0.3) is 0 Å². The largest absolute Gasteiger partial charge is 0.490 e. The number of halogens is 1. The number of carboxylic acids is 1. The molecule has 2 aromatic rings. The lowest BCUT2D eigenvalue weighted by atomic mass is 9.85. The molecule has 1 saturated carbocycles. The molecule has 1 aromatic carbocycles. The Morgan fingerprint density at radius 2 is 1.90 bits per heavy atom. The summed E-state index contributed by atoms with van der Waals surface area (Å²) in [6.45, 7) is 5.84. The lowest BCUT2D eigenvalue weighted by molar-refractivity contribution is -0.139. The average molecular weight is 568 g/mol. The highest BCUT2D eigenvalue weighted by Crippen LogP contribution is 2.63. The monoisotopic (exact) mass is 567 g/mol. The van der Waals surface area contributed by atoms with Gasteiger partial charge in [-0.15, -0.1) is 0 Å². The number of fused-ring (bicyclic) bond motifs is 2. The third-order valence-electron chi connectivity index (χ3n) is 8.94. The van der Waals surface area contributed by atoms with Crippen LogP contribution in [0.2, 0.25) is 0 Å². The maximum absolute atomic E-state index is 15.0. The highest BCUT2D eigenvalue weighted by atomic mass is 32.2. The fraction of sp³-hybridized carbons (Fsp3) is 0.484. The molecule has 2 unspecified atom stereocenters. The number of pyridine rings is 1. The SMILES string of the molecule is Cc1nc(OC2CCS(=O)(=O)CC2)ccc1-c1ccc(F)c(C(C)OC2=CC3=C(C(C)C2)[C@H]2[C@@H](C3)[C@@H]2C(=O)O)c1. The third-order valence-corrected chi connectivity index (χ3v) is 10.7. The van der Waals surface area contributed by atoms with Crippen molar-refractivity contribution in [3.8, 4) is 17.0 Å². The summed E-state index contributed by atoms with van der Waals surface area (Å²) in [5.74, 6) is 0.842. The number of rotatable bonds is 7. The lowest BCUT2D eigenvalue weighted by Crippen LogP contribution is -2.30. The molecule has 2 heterocycles. The fourth-order valence-electron chi connectivity index (χ4n) is 6.89. The first-order valence-corrected chi connectivity index (χ1v) is 15.8. The predicted molar refractivity (Wildman–Crippen MR) is 148 cm³/mol. The molecule has 0 bridgehead atoms. The fourth-order valence-corrected chi connectivity index (χ4v) is 8.34. The molecule has 7 nitrogen and oxygen atoms in total. The smallest absolute Gasteiger partial charge is 0.307 e. The summed E-state index contributed by atoms with van der Waals surface area (Å²) in [5, 5.41) is 9.45. The third kappa shape index (κ3) is 5.04. The molecule has 3 aliphatic carbocycles. The van der Waals surface area contributed by atoms with Gasteiger partial charge in [0.2, 0.25) is 5.88 Å². The van der Waals surface area contributed by atoms with Crippen LogP contribution in [0.25, 0.3) is 11.1 Å². The van der Waals surface area contributed by atoms with Gasteiger partial charge in [0.05, 0.1) is 23.2 Å². The van der Waals surface area contributed by atoms with E-state index in [-0.39, 0.29) is 47.1 Å². The molecule has 0 radical (unpaired) electrons. The van der Waals surface area contributed by atoms with Crippen molar-refractivity contribution in [2.75, 3.05) is 11.5 Å². The van der Waals surface area contributed by atoms with Crippen LogP contribution in [-0.4, -0.2) is 42.1 Å². The summed E-state index contributed by atoms with van der Waals surface area (Å²) >= 11 is 0. The van der Waals surface area contributed by atoms with Crippen molar-refractivity contribution < 1.29 is 32.2 Å². The second kappa shape index (κ2) is 10.0. The van der Waals surface area contributed by atoms with Crippen LogP contribution in [0.4, 0.5) is 4.39 Å². The van der Waals surface area contributed by atoms with Gasteiger partial charge in [0.1, 0.15) is 18.0 Å². The van der Waals surface area contributed by atoms with E-state index >= 15 is 0 Å². The maximum atomic E-state index is 15.0. The molecule has 40 heavy (non-hydrogen) atoms. The number of aromatic nitrogens is 1. The van der Waals surface area contributed by atoms with Gasteiger partial charge < -0.3 is 14.6 Å². The van der Waals surface area contributed by atoms with Crippen LogP contribution in [0.1, 0.15) is 56.9 Å². The Morgan fingerprint density at radius 1 is 1.15 bits per heavy atom. The van der Waals surface area contributed by atoms with Gasteiger partial charge in [0.15, 0.2) is 9.84 Å². The molecule has 6 rings (SSSR count). The molecule has 5 atom stereocenters. The van der Waals surface area contributed by atoms with Gasteiger partial charge >= 0.3 is 5.97 Å². The van der Waals surface area contributed by atoms with E-state index in [0.29, 0.717) is 30.7 Å². The van der Waals surface area contributed by atoms with E-state index in [9.17, 15) is 22.7 Å². The quantitative estimate of drug-likeness (QED) is 0.451. The zero-order valence-corrected chi connectivity index (χ0v) is 23.7. The normalized spacial score (nSPS) is 27.9. The molecular weight excluding hydrogens is 533 g/mol. The number of hydrogen-bond acceptors (Lipinski definition) is 6. The zero-order chi connectivity index (χ0) is 28.3. The Balaban J connectivity index is 1.16. The number of allylic oxidation sites excluding steroid dienone is 4. The van der Waals surface area contributed by atoms with Gasteiger partial charge in [-0.1, -0.05) is 18.6 Å². The van der Waals surface area contributed by atoms with Gasteiger partial charge in [0, 0.05) is 29.3 Å². The van der Waals surface area contributed by atoms with Gasteiger partial charge in [-0.05, 0) is 86.3 Å². The number of nitrogens with zero attached hydrogens (tertiary/aromatic N) is 1. The van der Waals surface area contributed by atoms with E-state index in [1.165, 1.54) is 17.2 Å². The van der Waals surface area contributed by atoms with Crippen LogP contribution in [0, 0.1) is 36.4 Å². The second-order valence-corrected chi connectivity index (χ2v) is 14.0. The number of aliphatic carboxylic acids is 1. The molecule has 1 saturated heterocycles. The number of hydrogen-bond donors (Lipinski definition) is 1. The van der Waals surface area contributed by atoms with Crippen LogP contribution in [-0.2, 0) is 19.4 Å². The van der Waals surface area contributed by atoms with E-state index < -0.39 is 21.9 Å². The Kier molecular flexibility index (Phi) is 6.76. The Labute approximate surface area is 234 Å². The van der Waals surface area contributed by atoms with Crippen molar-refractivity contribution in [3.05, 3.63) is 70.4 Å². The van der Waals surface area contributed by atoms with Crippen LogP contribution >= 0.6 is 0 Å². The van der Waals surface area contributed by atoms with Crippen LogP contribution in [0.5, 0.6) is 5.88 Å². The molecule has 1 aliphatic heterocycles. The van der Waals surface area contributed by atoms with Crippen LogP contribution in [0.3, 0.4) is 0 Å². The Bertz CT molecular complexity index is 1530. The van der Waals surface area contributed by atoms with Gasteiger partial charge in [-0.3, -0.25) is 4.79 Å². The number of aryl methyl sites for hydroxylation is 1. The summed E-state index contributed by atoms with van der Waals surface area (Å²) in [6, 6.07) is 8.65. The summed E-state index contributed by atoms with van der Waals surface area (Å²) in [5.41, 5.74) is 5.32. The number of sulfone groups is 1. The summed E-state index contributed by atoms with van der Waals surface area (Å²) in [4.78, 5) is 16.1. The predicted octanol–water partition coefficient (Wildman–Crippen LogP) is 5.80. The van der Waals surface area contributed by atoms with Crippen molar-refractivity contribution in [2.24, 2.45) is 23.7 Å². The van der Waals surface area contributed by atoms with E-state index in [1.807, 2.05) is 26.0 Å². The lowest BCUT2D eigenvalue weighted by Gasteiger charge is -2.27. The van der Waals surface area contributed by atoms with Gasteiger partial charge in [-0.2, -0.15) is 0 Å². The minimum atomic E-state index is -2.96. The summed E-state index contributed by atoms with van der Waals surface area (Å²) < 4.78 is 50.6. The van der Waals surface area contributed by atoms with E-state index in [1.54, 1.807) is 18.2 Å². The van der Waals surface area contributed by atoms with E-state index in [4.69, 9.17) is 9.47 Å². The number of carbonyl (C=O) groups is 1. The summed E-state index contributed by atoms with van der Waals surface area (Å²) in [6.07, 6.45) is 3.74. The molecule has 212 valence electrons. The molecule has 2 fully saturated rings. The minimum Gasteiger partial charge on any atom is -0.490 e. The van der Waals surface area contributed by atoms with Crippen LogP contribution in [0.15, 0.2) is 53.3 Å². The molecule has 0 spiro atoms. The first-order valence-electron chi connectivity index (χ1n) is 14.0. The Morgan fingerprint density at radius 3 is 2.60 bits per heavy atom. The van der Waals surface area contributed by atoms with Crippen molar-refractivity contribution >= 4 is 15.8 Å². The van der Waals surface area contributed by atoms with Crippen molar-refractivity contribution in [1.29, 1.82) is 0 Å². The molecule has 9 heteroatoms. The topological polar surface area (TPSA) is 103 Å². The zero-order valence-electron chi connectivity index (χ0n) is 22.9. The second-order valence-electron chi connectivity index (χ2n) is 11.7. The molecule has 1 N–H and O–H groups in total. The average Bonchev–Trinajstić information content (AvgIpc) is 3.46. The highest BCUT2D eigenvalue weighted by molar-refractivity contribution is 7.91. The highest BCUT2D eigenvalue weighted by Gasteiger charge is 2.61. The first-order chi connectivity index (χ1) is 19.0. The van der Waals surface area contributed by atoms with Crippen molar-refractivity contribution in [2.45, 2.75) is 58.7 Å². The number of carboxylic acid groups (broad SMARTS) is 1. The molecule has 1 aromatic heterocycles. The molecule has 4 aliphatic rings. The maximum Gasteiger partial charge on any atom is 0.307 e. The van der Waals surface area contributed by atoms with Crippen molar-refractivity contribution in [1.82, 2.24) is 4.98 Å². The summed E-state index contributed by atoms with van der Waals surface area (Å²) in [7, 11) is -2.96. The van der Waals surface area contributed by atoms with E-state index in [2.05, 4.69) is 11.9 Å². The Hall–Kier alpha value is -3.20. The number of benzene rings is 1. The van der Waals surface area contributed by atoms with E-state index in [0.717, 1.165) is 29.0 Å². The van der Waals surface area contributed by atoms with Gasteiger partial charge in [-0.25, -0.2) is 17.8 Å². The van der Waals surface area contributed by atoms with Crippen LogP contribution < -0.4 is 4.74 Å². The minimum absolute atomic E-state index is 0.133. The first kappa shape index (κ1) is 27.0. The van der Waals surface area contributed by atoms with Crippen molar-refractivity contribution in [3.63, 3.8) is 0 Å². The standard InChI is InChI=1S/C31H34FNO6S/c1-16-12-22(13-20-15-25-29(28(16)20)30(25)31(34)35)38-18(3)24-14-19(4-6-26(24)32)23-5-7-27(33-17(23)2)39-21-8-10-40(36,37)11-9-21/h4-7,13-14,16,18,21,25,29-30H,8-12,15H2,1-3H3,(H,34,35)/t16?,18?,25-,29-,30+/m1/s1. The molecular formula is C31H34FNO6S. The molecule has 0 amide bonds. The number of ether oxygens (including phenoxy) is 2.